The summed E-state index contributed by atoms with van der Waals surface area (Å²) in [6, 6.07) is 11.1. The zero-order valence-corrected chi connectivity index (χ0v) is 11.8. The second kappa shape index (κ2) is 5.10. The fraction of sp³-hybridized carbons (Fsp3) is 0.0667. The SMILES string of the molecule is COc1ccc(-n2c(=O)oc3cc(Cl)ccc3c2=O)cc1. The minimum absolute atomic E-state index is 0.169. The lowest BCUT2D eigenvalue weighted by atomic mass is 10.2. The molecule has 0 bridgehead atoms. The molecule has 0 aliphatic carbocycles. The van der Waals surface area contributed by atoms with Crippen molar-refractivity contribution in [1.29, 1.82) is 0 Å². The highest BCUT2D eigenvalue weighted by Crippen LogP contribution is 2.17. The molecular weight excluding hydrogens is 294 g/mol. The molecule has 3 aromatic rings. The molecule has 3 rings (SSSR count). The number of halogens is 1. The number of methoxy groups -OCH3 is 1. The van der Waals surface area contributed by atoms with Gasteiger partial charge in [0, 0.05) is 11.1 Å². The number of aromatic nitrogens is 1. The summed E-state index contributed by atoms with van der Waals surface area (Å²) >= 11 is 5.83. The Morgan fingerprint density at radius 1 is 1.10 bits per heavy atom. The van der Waals surface area contributed by atoms with Gasteiger partial charge in [-0.2, -0.15) is 0 Å². The molecule has 2 aromatic carbocycles. The van der Waals surface area contributed by atoms with Gasteiger partial charge in [0.25, 0.3) is 5.56 Å². The molecule has 0 aliphatic heterocycles. The summed E-state index contributed by atoms with van der Waals surface area (Å²) in [4.78, 5) is 24.5. The van der Waals surface area contributed by atoms with Gasteiger partial charge in [0.1, 0.15) is 11.3 Å². The normalized spacial score (nSPS) is 10.8. The van der Waals surface area contributed by atoms with E-state index in [1.807, 2.05) is 0 Å². The van der Waals surface area contributed by atoms with Crippen LogP contribution in [0.5, 0.6) is 5.75 Å². The Bertz CT molecular complexity index is 925. The van der Waals surface area contributed by atoms with E-state index in [1.165, 1.54) is 19.2 Å². The Kier molecular flexibility index (Phi) is 3.27. The number of nitrogens with zero attached hydrogens (tertiary/aromatic N) is 1. The molecule has 0 N–H and O–H groups in total. The summed E-state index contributed by atoms with van der Waals surface area (Å²) in [5.74, 6) is -0.135. The van der Waals surface area contributed by atoms with Crippen molar-refractivity contribution in [2.45, 2.75) is 0 Å². The van der Waals surface area contributed by atoms with Crippen LogP contribution in [0.2, 0.25) is 5.02 Å². The number of benzene rings is 2. The predicted molar refractivity (Wildman–Crippen MR) is 79.6 cm³/mol. The highest BCUT2D eigenvalue weighted by atomic mass is 35.5. The maximum absolute atomic E-state index is 12.4. The van der Waals surface area contributed by atoms with Crippen molar-refractivity contribution in [1.82, 2.24) is 4.57 Å². The second-order valence-corrected chi connectivity index (χ2v) is 4.78. The fourth-order valence-electron chi connectivity index (χ4n) is 2.05. The number of hydrogen-bond acceptors (Lipinski definition) is 4. The monoisotopic (exact) mass is 303 g/mol. The molecule has 0 amide bonds. The van der Waals surface area contributed by atoms with Crippen LogP contribution in [0, 0.1) is 0 Å². The molecule has 106 valence electrons. The van der Waals surface area contributed by atoms with Crippen molar-refractivity contribution in [3.05, 3.63) is 68.4 Å². The van der Waals surface area contributed by atoms with Crippen LogP contribution in [0.4, 0.5) is 0 Å². The molecule has 0 atom stereocenters. The summed E-state index contributed by atoms with van der Waals surface area (Å²) in [6.07, 6.45) is 0. The van der Waals surface area contributed by atoms with E-state index in [-0.39, 0.29) is 11.0 Å². The average Bonchev–Trinajstić information content (AvgIpc) is 2.47. The van der Waals surface area contributed by atoms with E-state index in [0.29, 0.717) is 16.5 Å². The lowest BCUT2D eigenvalue weighted by Crippen LogP contribution is -2.30. The van der Waals surface area contributed by atoms with Crippen LogP contribution < -0.4 is 16.1 Å². The Morgan fingerprint density at radius 2 is 1.81 bits per heavy atom. The third kappa shape index (κ3) is 2.32. The Balaban J connectivity index is 2.29. The van der Waals surface area contributed by atoms with Gasteiger partial charge in [-0.25, -0.2) is 9.36 Å². The molecule has 0 fully saturated rings. The van der Waals surface area contributed by atoms with E-state index < -0.39 is 11.3 Å². The number of hydrogen-bond donors (Lipinski definition) is 0. The van der Waals surface area contributed by atoms with Crippen LogP contribution in [0.3, 0.4) is 0 Å². The first kappa shape index (κ1) is 13.5. The predicted octanol–water partition coefficient (Wildman–Crippen LogP) is 2.61. The summed E-state index contributed by atoms with van der Waals surface area (Å²) in [6.45, 7) is 0. The molecule has 0 spiro atoms. The van der Waals surface area contributed by atoms with E-state index in [9.17, 15) is 9.59 Å². The minimum atomic E-state index is -0.764. The van der Waals surface area contributed by atoms with Crippen molar-refractivity contribution in [3.63, 3.8) is 0 Å². The molecule has 6 heteroatoms. The molecular formula is C15H10ClNO4. The van der Waals surface area contributed by atoms with Crippen molar-refractivity contribution in [3.8, 4) is 11.4 Å². The lowest BCUT2D eigenvalue weighted by molar-refractivity contribution is 0.414. The van der Waals surface area contributed by atoms with Gasteiger partial charge in [0.05, 0.1) is 18.2 Å². The van der Waals surface area contributed by atoms with Crippen LogP contribution in [-0.4, -0.2) is 11.7 Å². The van der Waals surface area contributed by atoms with Gasteiger partial charge >= 0.3 is 5.76 Å². The third-order valence-corrected chi connectivity index (χ3v) is 3.32. The number of ether oxygens (including phenoxy) is 1. The van der Waals surface area contributed by atoms with Gasteiger partial charge in [-0.1, -0.05) is 11.6 Å². The lowest BCUT2D eigenvalue weighted by Gasteiger charge is -2.06. The second-order valence-electron chi connectivity index (χ2n) is 4.35. The molecule has 0 unspecified atom stereocenters. The standard InChI is InChI=1S/C15H10ClNO4/c1-20-11-5-3-10(4-6-11)17-14(18)12-7-2-9(16)8-13(12)21-15(17)19/h2-8H,1H3. The summed E-state index contributed by atoms with van der Waals surface area (Å²) < 4.78 is 11.2. The molecule has 0 saturated carbocycles. The molecule has 1 aromatic heterocycles. The van der Waals surface area contributed by atoms with Gasteiger partial charge < -0.3 is 9.15 Å². The van der Waals surface area contributed by atoms with Crippen LogP contribution in [0.15, 0.2) is 56.5 Å². The zero-order valence-electron chi connectivity index (χ0n) is 11.0. The van der Waals surface area contributed by atoms with Gasteiger partial charge in [-0.05, 0) is 36.4 Å². The van der Waals surface area contributed by atoms with Gasteiger partial charge in [0.15, 0.2) is 0 Å². The summed E-state index contributed by atoms with van der Waals surface area (Å²) in [5.41, 5.74) is 0.122. The maximum atomic E-state index is 12.4. The van der Waals surface area contributed by atoms with Crippen molar-refractivity contribution >= 4 is 22.6 Å². The Hall–Kier alpha value is -2.53. The third-order valence-electron chi connectivity index (χ3n) is 3.09. The quantitative estimate of drug-likeness (QED) is 0.730. The average molecular weight is 304 g/mol. The van der Waals surface area contributed by atoms with Gasteiger partial charge in [-0.3, -0.25) is 4.79 Å². The van der Waals surface area contributed by atoms with E-state index >= 15 is 0 Å². The van der Waals surface area contributed by atoms with Crippen LogP contribution in [0.1, 0.15) is 0 Å². The molecule has 0 radical (unpaired) electrons. The van der Waals surface area contributed by atoms with Gasteiger partial charge in [0.2, 0.25) is 0 Å². The molecule has 0 aliphatic rings. The van der Waals surface area contributed by atoms with Crippen LogP contribution in [0.25, 0.3) is 16.7 Å². The Labute approximate surface area is 124 Å². The summed E-state index contributed by atoms with van der Waals surface area (Å²) in [7, 11) is 1.54. The Morgan fingerprint density at radius 3 is 2.48 bits per heavy atom. The first-order valence-corrected chi connectivity index (χ1v) is 6.48. The molecule has 1 heterocycles. The van der Waals surface area contributed by atoms with Gasteiger partial charge in [-0.15, -0.1) is 0 Å². The number of rotatable bonds is 2. The van der Waals surface area contributed by atoms with Crippen molar-refractivity contribution < 1.29 is 9.15 Å². The highest BCUT2D eigenvalue weighted by Gasteiger charge is 2.11. The first-order valence-electron chi connectivity index (χ1n) is 6.10. The highest BCUT2D eigenvalue weighted by molar-refractivity contribution is 6.31. The summed E-state index contributed by atoms with van der Waals surface area (Å²) in [5, 5.41) is 0.682. The smallest absolute Gasteiger partial charge is 0.426 e. The van der Waals surface area contributed by atoms with Crippen molar-refractivity contribution in [2.75, 3.05) is 7.11 Å². The van der Waals surface area contributed by atoms with E-state index in [1.54, 1.807) is 30.3 Å². The topological polar surface area (TPSA) is 61.4 Å². The maximum Gasteiger partial charge on any atom is 0.426 e. The van der Waals surface area contributed by atoms with E-state index in [4.69, 9.17) is 20.8 Å². The molecule has 5 nitrogen and oxygen atoms in total. The largest absolute Gasteiger partial charge is 0.497 e. The zero-order chi connectivity index (χ0) is 15.0. The molecule has 21 heavy (non-hydrogen) atoms. The minimum Gasteiger partial charge on any atom is -0.497 e. The van der Waals surface area contributed by atoms with E-state index in [2.05, 4.69) is 0 Å². The number of fused-ring (bicyclic) bond motifs is 1. The van der Waals surface area contributed by atoms with E-state index in [0.717, 1.165) is 4.57 Å². The first-order chi connectivity index (χ1) is 10.1. The van der Waals surface area contributed by atoms with Crippen LogP contribution in [-0.2, 0) is 0 Å². The molecule has 0 saturated heterocycles. The van der Waals surface area contributed by atoms with Crippen LogP contribution >= 0.6 is 11.6 Å². The fourth-order valence-corrected chi connectivity index (χ4v) is 2.22. The van der Waals surface area contributed by atoms with Crippen molar-refractivity contribution in [2.24, 2.45) is 0 Å².